The van der Waals surface area contributed by atoms with Gasteiger partial charge in [-0.2, -0.15) is 0 Å². The molecule has 0 aliphatic carbocycles. The molecule has 0 radical (unpaired) electrons. The Morgan fingerprint density at radius 3 is 2.25 bits per heavy atom. The van der Waals surface area contributed by atoms with E-state index in [4.69, 9.17) is 0 Å². The molecule has 0 atom stereocenters. The maximum Gasteiger partial charge on any atom is 0.337 e. The lowest BCUT2D eigenvalue weighted by Crippen LogP contribution is -2.30. The van der Waals surface area contributed by atoms with Gasteiger partial charge in [-0.15, -0.1) is 0 Å². The smallest absolute Gasteiger partial charge is 0.337 e. The molecule has 0 aromatic heterocycles. The average Bonchev–Trinajstić information content (AvgIpc) is 2.29. The van der Waals surface area contributed by atoms with Gasteiger partial charge in [0, 0.05) is 18.3 Å². The highest BCUT2D eigenvalue weighted by Crippen LogP contribution is 2.17. The van der Waals surface area contributed by atoms with Crippen molar-refractivity contribution in [2.45, 2.75) is 26.8 Å². The van der Waals surface area contributed by atoms with Crippen LogP contribution in [0.2, 0.25) is 0 Å². The molecule has 0 spiro atoms. The number of carbonyl (C=O) groups excluding carboxylic acids is 1. The third kappa shape index (κ3) is 2.75. The molecule has 0 aliphatic rings. The lowest BCUT2D eigenvalue weighted by Gasteiger charge is -2.27. The van der Waals surface area contributed by atoms with Gasteiger partial charge in [-0.05, 0) is 45.0 Å². The Kier molecular flexibility index (Phi) is 4.35. The highest BCUT2D eigenvalue weighted by molar-refractivity contribution is 5.89. The molecular weight excluding hydrogens is 202 g/mol. The molecule has 88 valence electrons. The Hall–Kier alpha value is -1.51. The molecule has 0 heterocycles. The number of esters is 1. The Morgan fingerprint density at radius 1 is 1.31 bits per heavy atom. The molecule has 0 saturated carbocycles. The Balaban J connectivity index is 2.89. The van der Waals surface area contributed by atoms with Gasteiger partial charge in [-0.1, -0.05) is 0 Å². The van der Waals surface area contributed by atoms with Crippen molar-refractivity contribution in [3.63, 3.8) is 0 Å². The first-order valence-corrected chi connectivity index (χ1v) is 5.55. The van der Waals surface area contributed by atoms with Crippen molar-refractivity contribution in [1.82, 2.24) is 0 Å². The van der Waals surface area contributed by atoms with Crippen LogP contribution >= 0.6 is 0 Å². The number of hydrogen-bond acceptors (Lipinski definition) is 3. The van der Waals surface area contributed by atoms with Crippen molar-refractivity contribution in [2.24, 2.45) is 0 Å². The SMILES string of the molecule is CCN(c1ccc(C(=O)OC)cc1)C(C)C. The maximum absolute atomic E-state index is 11.3. The van der Waals surface area contributed by atoms with E-state index in [0.717, 1.165) is 12.2 Å². The van der Waals surface area contributed by atoms with Gasteiger partial charge in [0.05, 0.1) is 12.7 Å². The molecule has 0 aliphatic heterocycles. The number of benzene rings is 1. The van der Waals surface area contributed by atoms with Crippen LogP contribution in [0.3, 0.4) is 0 Å². The van der Waals surface area contributed by atoms with Crippen LogP contribution in [0.15, 0.2) is 24.3 Å². The first-order chi connectivity index (χ1) is 7.60. The van der Waals surface area contributed by atoms with Crippen LogP contribution in [0.5, 0.6) is 0 Å². The van der Waals surface area contributed by atoms with Gasteiger partial charge >= 0.3 is 5.97 Å². The summed E-state index contributed by atoms with van der Waals surface area (Å²) in [5.74, 6) is -0.292. The number of anilines is 1. The summed E-state index contributed by atoms with van der Waals surface area (Å²) in [6.07, 6.45) is 0. The predicted octanol–water partition coefficient (Wildman–Crippen LogP) is 2.71. The minimum absolute atomic E-state index is 0.292. The lowest BCUT2D eigenvalue weighted by molar-refractivity contribution is 0.0601. The molecule has 1 aromatic rings. The number of rotatable bonds is 4. The predicted molar refractivity (Wildman–Crippen MR) is 65.9 cm³/mol. The van der Waals surface area contributed by atoms with E-state index < -0.39 is 0 Å². The van der Waals surface area contributed by atoms with Crippen molar-refractivity contribution >= 4 is 11.7 Å². The van der Waals surface area contributed by atoms with Crippen molar-refractivity contribution in [3.8, 4) is 0 Å². The first-order valence-electron chi connectivity index (χ1n) is 5.55. The fourth-order valence-corrected chi connectivity index (χ4v) is 1.75. The number of carbonyl (C=O) groups is 1. The van der Waals surface area contributed by atoms with Crippen LogP contribution < -0.4 is 4.90 Å². The zero-order valence-electron chi connectivity index (χ0n) is 10.4. The zero-order valence-corrected chi connectivity index (χ0v) is 10.4. The van der Waals surface area contributed by atoms with E-state index in [1.165, 1.54) is 7.11 Å². The number of nitrogens with zero attached hydrogens (tertiary/aromatic N) is 1. The van der Waals surface area contributed by atoms with Crippen LogP contribution in [0.4, 0.5) is 5.69 Å². The van der Waals surface area contributed by atoms with Gasteiger partial charge in [-0.3, -0.25) is 0 Å². The molecule has 3 heteroatoms. The van der Waals surface area contributed by atoms with Crippen molar-refractivity contribution in [1.29, 1.82) is 0 Å². The van der Waals surface area contributed by atoms with Gasteiger partial charge < -0.3 is 9.64 Å². The number of hydrogen-bond donors (Lipinski definition) is 0. The second-order valence-electron chi connectivity index (χ2n) is 3.92. The highest BCUT2D eigenvalue weighted by atomic mass is 16.5. The summed E-state index contributed by atoms with van der Waals surface area (Å²) < 4.78 is 4.66. The molecule has 16 heavy (non-hydrogen) atoms. The summed E-state index contributed by atoms with van der Waals surface area (Å²) in [6.45, 7) is 7.37. The molecule has 0 amide bonds. The van der Waals surface area contributed by atoms with E-state index >= 15 is 0 Å². The van der Waals surface area contributed by atoms with Crippen LogP contribution in [0.1, 0.15) is 31.1 Å². The fraction of sp³-hybridized carbons (Fsp3) is 0.462. The van der Waals surface area contributed by atoms with Gasteiger partial charge in [-0.25, -0.2) is 4.79 Å². The van der Waals surface area contributed by atoms with Crippen molar-refractivity contribution in [3.05, 3.63) is 29.8 Å². The minimum Gasteiger partial charge on any atom is -0.465 e. The van der Waals surface area contributed by atoms with Crippen LogP contribution in [-0.4, -0.2) is 25.7 Å². The third-order valence-corrected chi connectivity index (χ3v) is 2.58. The van der Waals surface area contributed by atoms with E-state index in [2.05, 4.69) is 30.4 Å². The Morgan fingerprint density at radius 2 is 1.88 bits per heavy atom. The number of methoxy groups -OCH3 is 1. The molecule has 0 saturated heterocycles. The monoisotopic (exact) mass is 221 g/mol. The zero-order chi connectivity index (χ0) is 12.1. The first kappa shape index (κ1) is 12.6. The summed E-state index contributed by atoms with van der Waals surface area (Å²) in [5.41, 5.74) is 1.72. The van der Waals surface area contributed by atoms with Crippen molar-refractivity contribution < 1.29 is 9.53 Å². The largest absolute Gasteiger partial charge is 0.465 e. The summed E-state index contributed by atoms with van der Waals surface area (Å²) in [6, 6.07) is 7.96. The Labute approximate surface area is 97.0 Å². The van der Waals surface area contributed by atoms with Gasteiger partial charge in [0.15, 0.2) is 0 Å². The van der Waals surface area contributed by atoms with Gasteiger partial charge in [0.2, 0.25) is 0 Å². The average molecular weight is 221 g/mol. The second kappa shape index (κ2) is 5.54. The quantitative estimate of drug-likeness (QED) is 0.732. The van der Waals surface area contributed by atoms with E-state index in [-0.39, 0.29) is 5.97 Å². The van der Waals surface area contributed by atoms with E-state index in [0.29, 0.717) is 11.6 Å². The summed E-state index contributed by atoms with van der Waals surface area (Å²) >= 11 is 0. The van der Waals surface area contributed by atoms with Gasteiger partial charge in [0.1, 0.15) is 0 Å². The standard InChI is InChI=1S/C13H19NO2/c1-5-14(10(2)3)12-8-6-11(7-9-12)13(15)16-4/h6-10H,5H2,1-4H3. The van der Waals surface area contributed by atoms with Crippen molar-refractivity contribution in [2.75, 3.05) is 18.6 Å². The summed E-state index contributed by atoms with van der Waals surface area (Å²) in [7, 11) is 1.39. The van der Waals surface area contributed by atoms with E-state index in [1.807, 2.05) is 12.1 Å². The highest BCUT2D eigenvalue weighted by Gasteiger charge is 2.09. The van der Waals surface area contributed by atoms with E-state index in [9.17, 15) is 4.79 Å². The molecule has 0 unspecified atom stereocenters. The van der Waals surface area contributed by atoms with Crippen LogP contribution in [0, 0.1) is 0 Å². The molecule has 3 nitrogen and oxygen atoms in total. The van der Waals surface area contributed by atoms with Crippen LogP contribution in [-0.2, 0) is 4.74 Å². The topological polar surface area (TPSA) is 29.5 Å². The lowest BCUT2D eigenvalue weighted by atomic mass is 10.1. The maximum atomic E-state index is 11.3. The molecular formula is C13H19NO2. The minimum atomic E-state index is -0.292. The second-order valence-corrected chi connectivity index (χ2v) is 3.92. The molecule has 1 rings (SSSR count). The van der Waals surface area contributed by atoms with Gasteiger partial charge in [0.25, 0.3) is 0 Å². The molecule has 0 bridgehead atoms. The summed E-state index contributed by atoms with van der Waals surface area (Å²) in [5, 5.41) is 0. The third-order valence-electron chi connectivity index (χ3n) is 2.58. The van der Waals surface area contributed by atoms with Crippen LogP contribution in [0.25, 0.3) is 0 Å². The Bertz CT molecular complexity index is 343. The number of ether oxygens (including phenoxy) is 1. The van der Waals surface area contributed by atoms with E-state index in [1.54, 1.807) is 12.1 Å². The molecule has 0 N–H and O–H groups in total. The fourth-order valence-electron chi connectivity index (χ4n) is 1.75. The normalized spacial score (nSPS) is 10.3. The molecule has 1 aromatic carbocycles. The summed E-state index contributed by atoms with van der Waals surface area (Å²) in [4.78, 5) is 13.5. The molecule has 0 fully saturated rings.